The van der Waals surface area contributed by atoms with E-state index in [2.05, 4.69) is 4.98 Å². The van der Waals surface area contributed by atoms with Crippen LogP contribution in [0.1, 0.15) is 34.3 Å². The highest BCUT2D eigenvalue weighted by atomic mass is 32.1. The summed E-state index contributed by atoms with van der Waals surface area (Å²) in [5.74, 6) is -0.596. The molecular formula is C25H24N2O3S. The van der Waals surface area contributed by atoms with Gasteiger partial charge in [0.05, 0.1) is 5.39 Å². The number of rotatable bonds is 6. The second kappa shape index (κ2) is 8.47. The van der Waals surface area contributed by atoms with Gasteiger partial charge in [0.1, 0.15) is 16.7 Å². The largest absolute Gasteiger partial charge is 0.480 e. The lowest BCUT2D eigenvalue weighted by Gasteiger charge is -2.18. The highest BCUT2D eigenvalue weighted by molar-refractivity contribution is 7.19. The van der Waals surface area contributed by atoms with Gasteiger partial charge in [-0.3, -0.25) is 9.36 Å². The fraction of sp³-hybridized carbons (Fsp3) is 0.240. The molecule has 0 radical (unpaired) electrons. The number of thiophene rings is 1. The molecule has 4 rings (SSSR count). The molecule has 0 aliphatic heterocycles. The molecule has 158 valence electrons. The Hall–Kier alpha value is -3.25. The van der Waals surface area contributed by atoms with Gasteiger partial charge in [-0.05, 0) is 44.7 Å². The number of carboxylic acid groups (broad SMARTS) is 1. The molecule has 1 atom stereocenters. The molecule has 1 unspecified atom stereocenters. The van der Waals surface area contributed by atoms with Gasteiger partial charge in [0.2, 0.25) is 0 Å². The smallest absolute Gasteiger partial charge is 0.326 e. The minimum atomic E-state index is -1.02. The van der Waals surface area contributed by atoms with Crippen LogP contribution in [-0.4, -0.2) is 20.6 Å². The van der Waals surface area contributed by atoms with E-state index in [9.17, 15) is 14.7 Å². The van der Waals surface area contributed by atoms with E-state index >= 15 is 0 Å². The molecular weight excluding hydrogens is 408 g/mol. The molecule has 0 bridgehead atoms. The van der Waals surface area contributed by atoms with Crippen LogP contribution in [0.25, 0.3) is 21.3 Å². The van der Waals surface area contributed by atoms with Gasteiger partial charge in [-0.15, -0.1) is 11.3 Å². The van der Waals surface area contributed by atoms with Crippen molar-refractivity contribution in [1.82, 2.24) is 9.55 Å². The standard InChI is InChI=1S/C25H24N2O3S/c1-15-9-11-18(12-10-15)13-14-20(25(29)30)27-17(3)26-23-22(24(27)28)21(16(2)31-23)19-7-5-4-6-8-19/h4-12,20H,13-14H2,1-3H3,(H,29,30). The third-order valence-corrected chi connectivity index (χ3v) is 6.60. The molecule has 1 N–H and O–H groups in total. The Balaban J connectivity index is 1.82. The molecule has 2 heterocycles. The summed E-state index contributed by atoms with van der Waals surface area (Å²) >= 11 is 1.47. The van der Waals surface area contributed by atoms with Gasteiger partial charge in [-0.1, -0.05) is 60.2 Å². The third kappa shape index (κ3) is 4.03. The Morgan fingerprint density at radius 2 is 1.74 bits per heavy atom. The molecule has 0 aliphatic carbocycles. The third-order valence-electron chi connectivity index (χ3n) is 5.60. The first-order chi connectivity index (χ1) is 14.9. The van der Waals surface area contributed by atoms with Crippen LogP contribution in [-0.2, 0) is 11.2 Å². The number of aromatic nitrogens is 2. The van der Waals surface area contributed by atoms with Crippen LogP contribution in [0.3, 0.4) is 0 Å². The normalized spacial score (nSPS) is 12.2. The number of fused-ring (bicyclic) bond motifs is 1. The van der Waals surface area contributed by atoms with Gasteiger partial charge in [-0.25, -0.2) is 9.78 Å². The summed E-state index contributed by atoms with van der Waals surface area (Å²) in [4.78, 5) is 32.1. The molecule has 2 aromatic heterocycles. The Labute approximate surface area is 184 Å². The van der Waals surface area contributed by atoms with Gasteiger partial charge in [0.25, 0.3) is 5.56 Å². The number of nitrogens with zero attached hydrogens (tertiary/aromatic N) is 2. The van der Waals surface area contributed by atoms with Crippen LogP contribution >= 0.6 is 11.3 Å². The van der Waals surface area contributed by atoms with Gasteiger partial charge in [0.15, 0.2) is 0 Å². The van der Waals surface area contributed by atoms with E-state index in [-0.39, 0.29) is 5.56 Å². The van der Waals surface area contributed by atoms with E-state index < -0.39 is 12.0 Å². The van der Waals surface area contributed by atoms with E-state index in [4.69, 9.17) is 0 Å². The molecule has 0 spiro atoms. The fourth-order valence-electron chi connectivity index (χ4n) is 4.02. The van der Waals surface area contributed by atoms with Crippen LogP contribution in [0, 0.1) is 20.8 Å². The molecule has 6 heteroatoms. The number of aryl methyl sites for hydroxylation is 4. The summed E-state index contributed by atoms with van der Waals surface area (Å²) < 4.78 is 1.36. The summed E-state index contributed by atoms with van der Waals surface area (Å²) in [6, 6.07) is 16.8. The molecule has 5 nitrogen and oxygen atoms in total. The van der Waals surface area contributed by atoms with Gasteiger partial charge < -0.3 is 5.11 Å². The molecule has 0 fully saturated rings. The van der Waals surface area contributed by atoms with Crippen molar-refractivity contribution in [1.29, 1.82) is 0 Å². The summed E-state index contributed by atoms with van der Waals surface area (Å²) in [6.07, 6.45) is 0.880. The molecule has 0 saturated carbocycles. The number of benzene rings is 2. The molecule has 2 aromatic carbocycles. The lowest BCUT2D eigenvalue weighted by atomic mass is 10.0. The van der Waals surface area contributed by atoms with Crippen molar-refractivity contribution in [3.05, 3.63) is 86.8 Å². The van der Waals surface area contributed by atoms with Crippen LogP contribution in [0.5, 0.6) is 0 Å². The zero-order valence-electron chi connectivity index (χ0n) is 17.8. The minimum absolute atomic E-state index is 0.290. The first kappa shape index (κ1) is 21.0. The maximum Gasteiger partial charge on any atom is 0.326 e. The van der Waals surface area contributed by atoms with E-state index in [1.54, 1.807) is 6.92 Å². The molecule has 0 saturated heterocycles. The second-order valence-corrected chi connectivity index (χ2v) is 9.00. The highest BCUT2D eigenvalue weighted by Crippen LogP contribution is 2.36. The second-order valence-electron chi connectivity index (χ2n) is 7.79. The number of carbonyl (C=O) groups is 1. The number of carboxylic acids is 1. The predicted molar refractivity (Wildman–Crippen MR) is 125 cm³/mol. The number of hydrogen-bond donors (Lipinski definition) is 1. The van der Waals surface area contributed by atoms with E-state index in [0.29, 0.717) is 28.9 Å². The summed E-state index contributed by atoms with van der Waals surface area (Å²) in [5.41, 5.74) is 3.69. The minimum Gasteiger partial charge on any atom is -0.480 e. The zero-order valence-corrected chi connectivity index (χ0v) is 18.6. The SMILES string of the molecule is Cc1ccc(CCC(C(=O)O)n2c(C)nc3sc(C)c(-c4ccccc4)c3c2=O)cc1. The van der Waals surface area contributed by atoms with Crippen molar-refractivity contribution >= 4 is 27.5 Å². The van der Waals surface area contributed by atoms with E-state index in [0.717, 1.165) is 27.1 Å². The summed E-state index contributed by atoms with van der Waals surface area (Å²) in [5, 5.41) is 10.5. The van der Waals surface area contributed by atoms with Crippen LogP contribution in [0.15, 0.2) is 59.4 Å². The van der Waals surface area contributed by atoms with Gasteiger partial charge in [0, 0.05) is 10.4 Å². The Kier molecular flexibility index (Phi) is 5.74. The monoisotopic (exact) mass is 432 g/mol. The first-order valence-corrected chi connectivity index (χ1v) is 11.0. The summed E-state index contributed by atoms with van der Waals surface area (Å²) in [6.45, 7) is 5.70. The highest BCUT2D eigenvalue weighted by Gasteiger charge is 2.26. The number of aliphatic carboxylic acids is 1. The maximum atomic E-state index is 13.6. The average Bonchev–Trinajstić information content (AvgIpc) is 3.07. The number of hydrogen-bond acceptors (Lipinski definition) is 4. The van der Waals surface area contributed by atoms with Crippen molar-refractivity contribution < 1.29 is 9.90 Å². The quantitative estimate of drug-likeness (QED) is 0.448. The van der Waals surface area contributed by atoms with Crippen LogP contribution < -0.4 is 5.56 Å². The van der Waals surface area contributed by atoms with Gasteiger partial charge in [-0.2, -0.15) is 0 Å². The van der Waals surface area contributed by atoms with Crippen molar-refractivity contribution in [2.45, 2.75) is 39.7 Å². The fourth-order valence-corrected chi connectivity index (χ4v) is 5.10. The lowest BCUT2D eigenvalue weighted by molar-refractivity contribution is -0.141. The predicted octanol–water partition coefficient (Wildman–Crippen LogP) is 5.31. The zero-order chi connectivity index (χ0) is 22.1. The lowest BCUT2D eigenvalue weighted by Crippen LogP contribution is -2.32. The Morgan fingerprint density at radius 3 is 2.39 bits per heavy atom. The maximum absolute atomic E-state index is 13.6. The molecule has 4 aromatic rings. The van der Waals surface area contributed by atoms with E-state index in [1.807, 2.05) is 68.4 Å². The Bertz CT molecular complexity index is 1300. The first-order valence-electron chi connectivity index (χ1n) is 10.2. The molecule has 0 amide bonds. The van der Waals surface area contributed by atoms with E-state index in [1.165, 1.54) is 15.9 Å². The van der Waals surface area contributed by atoms with Crippen LogP contribution in [0.4, 0.5) is 0 Å². The topological polar surface area (TPSA) is 72.2 Å². The van der Waals surface area contributed by atoms with Gasteiger partial charge >= 0.3 is 5.97 Å². The Morgan fingerprint density at radius 1 is 1.06 bits per heavy atom. The van der Waals surface area contributed by atoms with Crippen molar-refractivity contribution in [2.75, 3.05) is 0 Å². The van der Waals surface area contributed by atoms with Crippen molar-refractivity contribution in [2.24, 2.45) is 0 Å². The van der Waals surface area contributed by atoms with Crippen molar-refractivity contribution in [3.63, 3.8) is 0 Å². The van der Waals surface area contributed by atoms with Crippen molar-refractivity contribution in [3.8, 4) is 11.1 Å². The van der Waals surface area contributed by atoms with Crippen LogP contribution in [0.2, 0.25) is 0 Å². The molecule has 31 heavy (non-hydrogen) atoms. The summed E-state index contributed by atoms with van der Waals surface area (Å²) in [7, 11) is 0. The average molecular weight is 433 g/mol. The molecule has 0 aliphatic rings.